The number of carbonyl (C=O) groups is 3. The highest BCUT2D eigenvalue weighted by atomic mass is 16.6. The Morgan fingerprint density at radius 1 is 0.868 bits per heavy atom. The Bertz CT molecular complexity index is 1290. The van der Waals surface area contributed by atoms with Crippen molar-refractivity contribution < 1.29 is 28.6 Å². The van der Waals surface area contributed by atoms with Crippen LogP contribution < -0.4 is 5.73 Å². The molecular weight excluding hydrogens is 665 g/mol. The Labute approximate surface area is 322 Å². The normalized spacial score (nSPS) is 32.9. The zero-order valence-electron chi connectivity index (χ0n) is 35.1. The SMILES string of the molecule is CC(C)CCC[C@@H](C)[C@H]1CCC2C3CC=C4C[C@@H](OC(=O)[C@H](CCCCN)N(CC(=O)OC(C)(C)C)CC(=O)OC5(C)CC5)CC[C@]4(C)C3CC[C@@]21C. The first kappa shape index (κ1) is 42.2. The van der Waals surface area contributed by atoms with E-state index in [2.05, 4.69) is 40.7 Å². The second-order valence-corrected chi connectivity index (χ2v) is 20.3. The quantitative estimate of drug-likeness (QED) is 0.0681. The lowest BCUT2D eigenvalue weighted by atomic mass is 9.47. The molecular formula is C45H76N2O6. The number of esters is 3. The molecule has 302 valence electrons. The van der Waals surface area contributed by atoms with E-state index >= 15 is 0 Å². The summed E-state index contributed by atoms with van der Waals surface area (Å²) in [6.07, 6.45) is 19.1. The van der Waals surface area contributed by atoms with Gasteiger partial charge >= 0.3 is 17.9 Å². The molecule has 9 atom stereocenters. The van der Waals surface area contributed by atoms with Crippen molar-refractivity contribution in [3.8, 4) is 0 Å². The van der Waals surface area contributed by atoms with Crippen LogP contribution in [0.2, 0.25) is 0 Å². The fourth-order valence-corrected chi connectivity index (χ4v) is 11.5. The number of nitrogens with zero attached hydrogens (tertiary/aromatic N) is 1. The summed E-state index contributed by atoms with van der Waals surface area (Å²) in [6, 6.07) is -0.772. The number of unbranched alkanes of at least 4 members (excludes halogenated alkanes) is 1. The van der Waals surface area contributed by atoms with Gasteiger partial charge in [0.2, 0.25) is 0 Å². The van der Waals surface area contributed by atoms with Gasteiger partial charge in [-0.1, -0.05) is 72.0 Å². The molecule has 0 spiro atoms. The highest BCUT2D eigenvalue weighted by molar-refractivity contribution is 5.80. The minimum Gasteiger partial charge on any atom is -0.461 e. The molecule has 0 aromatic rings. The highest BCUT2D eigenvalue weighted by Gasteiger charge is 2.59. The van der Waals surface area contributed by atoms with Gasteiger partial charge in [-0.2, -0.15) is 0 Å². The van der Waals surface area contributed by atoms with E-state index in [9.17, 15) is 14.4 Å². The van der Waals surface area contributed by atoms with Crippen molar-refractivity contribution in [1.29, 1.82) is 0 Å². The zero-order valence-corrected chi connectivity index (χ0v) is 35.1. The van der Waals surface area contributed by atoms with Gasteiger partial charge in [0.15, 0.2) is 0 Å². The van der Waals surface area contributed by atoms with E-state index in [1.165, 1.54) is 50.5 Å². The standard InChI is InChI=1S/C45H76N2O6/c1-30(2)13-12-14-31(3)35-18-19-36-34-17-16-32-27-33(20-22-44(32,8)37(34)21-23-45(35,36)9)51-41(50)38(15-10-11-26-46)47(28-39(48)52-42(4,5)6)29-40(49)53-43(7)24-25-43/h16,30-31,33-38H,10-15,17-29,46H2,1-9H3/t31-,33+,34?,35-,36?,37?,38+,44+,45-/m1/s1. The Kier molecular flexibility index (Phi) is 13.6. The number of nitrogens with two attached hydrogens (primary N) is 1. The Balaban J connectivity index is 1.26. The van der Waals surface area contributed by atoms with Crippen molar-refractivity contribution in [1.82, 2.24) is 4.90 Å². The summed E-state index contributed by atoms with van der Waals surface area (Å²) in [7, 11) is 0. The molecule has 5 rings (SSSR count). The third-order valence-corrected chi connectivity index (χ3v) is 14.6. The lowest BCUT2D eigenvalue weighted by Gasteiger charge is -2.58. The van der Waals surface area contributed by atoms with Crippen molar-refractivity contribution >= 4 is 17.9 Å². The molecule has 0 bridgehead atoms. The maximum atomic E-state index is 14.2. The average Bonchev–Trinajstić information content (AvgIpc) is 3.66. The predicted molar refractivity (Wildman–Crippen MR) is 211 cm³/mol. The van der Waals surface area contributed by atoms with Crippen LogP contribution in [0, 0.1) is 46.3 Å². The van der Waals surface area contributed by atoms with Crippen molar-refractivity contribution in [2.45, 2.75) is 188 Å². The van der Waals surface area contributed by atoms with E-state index in [4.69, 9.17) is 19.9 Å². The minimum atomic E-state index is -0.772. The van der Waals surface area contributed by atoms with E-state index in [-0.39, 0.29) is 30.6 Å². The third kappa shape index (κ3) is 10.3. The summed E-state index contributed by atoms with van der Waals surface area (Å²) in [4.78, 5) is 42.1. The van der Waals surface area contributed by atoms with Gasteiger partial charge < -0.3 is 19.9 Å². The molecule has 0 aliphatic heterocycles. The molecule has 0 aromatic heterocycles. The lowest BCUT2D eigenvalue weighted by molar-refractivity contribution is -0.165. The first-order chi connectivity index (χ1) is 24.9. The van der Waals surface area contributed by atoms with Crippen LogP contribution in [0.25, 0.3) is 0 Å². The molecule has 5 aliphatic carbocycles. The monoisotopic (exact) mass is 741 g/mol. The molecule has 4 fully saturated rings. The van der Waals surface area contributed by atoms with Gasteiger partial charge in [0.1, 0.15) is 23.3 Å². The van der Waals surface area contributed by atoms with Crippen LogP contribution in [-0.4, -0.2) is 65.8 Å². The Morgan fingerprint density at radius 3 is 2.25 bits per heavy atom. The number of rotatable bonds is 17. The number of allylic oxidation sites excluding steroid dienone is 1. The zero-order chi connectivity index (χ0) is 38.8. The molecule has 2 N–H and O–H groups in total. The molecule has 3 unspecified atom stereocenters. The average molecular weight is 741 g/mol. The van der Waals surface area contributed by atoms with Gasteiger partial charge in [0, 0.05) is 6.42 Å². The summed E-state index contributed by atoms with van der Waals surface area (Å²) in [5.41, 5.74) is 6.79. The maximum absolute atomic E-state index is 14.2. The summed E-state index contributed by atoms with van der Waals surface area (Å²) < 4.78 is 17.8. The largest absolute Gasteiger partial charge is 0.461 e. The van der Waals surface area contributed by atoms with E-state index in [0.29, 0.717) is 30.7 Å². The van der Waals surface area contributed by atoms with Gasteiger partial charge in [-0.15, -0.1) is 0 Å². The number of hydrogen-bond donors (Lipinski definition) is 1. The second kappa shape index (κ2) is 17.1. The molecule has 0 amide bonds. The molecule has 0 saturated heterocycles. The van der Waals surface area contributed by atoms with Gasteiger partial charge in [-0.25, -0.2) is 0 Å². The fraction of sp³-hybridized carbons (Fsp3) is 0.889. The number of carbonyl (C=O) groups excluding carboxylic acids is 3. The molecule has 8 nitrogen and oxygen atoms in total. The van der Waals surface area contributed by atoms with Crippen LogP contribution in [0.5, 0.6) is 0 Å². The van der Waals surface area contributed by atoms with Crippen molar-refractivity contribution in [2.75, 3.05) is 19.6 Å². The first-order valence-electron chi connectivity index (χ1n) is 21.7. The van der Waals surface area contributed by atoms with Crippen LogP contribution in [0.4, 0.5) is 0 Å². The van der Waals surface area contributed by atoms with Crippen molar-refractivity contribution in [3.63, 3.8) is 0 Å². The van der Waals surface area contributed by atoms with Crippen molar-refractivity contribution in [3.05, 3.63) is 11.6 Å². The van der Waals surface area contributed by atoms with Gasteiger partial charge in [-0.3, -0.25) is 19.3 Å². The number of fused-ring (bicyclic) bond motifs is 5. The third-order valence-electron chi connectivity index (χ3n) is 14.6. The summed E-state index contributed by atoms with van der Waals surface area (Å²) in [5.74, 6) is 3.42. The Morgan fingerprint density at radius 2 is 1.58 bits per heavy atom. The van der Waals surface area contributed by atoms with E-state index in [1.807, 2.05) is 27.7 Å². The predicted octanol–water partition coefficient (Wildman–Crippen LogP) is 9.18. The van der Waals surface area contributed by atoms with Crippen LogP contribution in [0.1, 0.15) is 165 Å². The molecule has 4 saturated carbocycles. The first-order valence-corrected chi connectivity index (χ1v) is 21.7. The summed E-state index contributed by atoms with van der Waals surface area (Å²) >= 11 is 0. The molecule has 8 heteroatoms. The molecule has 53 heavy (non-hydrogen) atoms. The van der Waals surface area contributed by atoms with Gasteiger partial charge in [0.25, 0.3) is 0 Å². The van der Waals surface area contributed by atoms with Crippen molar-refractivity contribution in [2.24, 2.45) is 52.1 Å². The second-order valence-electron chi connectivity index (χ2n) is 20.3. The molecule has 0 heterocycles. The fourth-order valence-electron chi connectivity index (χ4n) is 11.5. The lowest BCUT2D eigenvalue weighted by Crippen LogP contribution is -2.52. The van der Waals surface area contributed by atoms with E-state index < -0.39 is 29.2 Å². The van der Waals surface area contributed by atoms with Crippen LogP contribution >= 0.6 is 0 Å². The Hall–Kier alpha value is -1.93. The summed E-state index contributed by atoms with van der Waals surface area (Å²) in [5, 5.41) is 0. The van der Waals surface area contributed by atoms with Crippen LogP contribution in [0.15, 0.2) is 11.6 Å². The minimum absolute atomic E-state index is 0.153. The van der Waals surface area contributed by atoms with Crippen LogP contribution in [0.3, 0.4) is 0 Å². The topological polar surface area (TPSA) is 108 Å². The smallest absolute Gasteiger partial charge is 0.323 e. The molecule has 0 radical (unpaired) electrons. The van der Waals surface area contributed by atoms with Gasteiger partial charge in [-0.05, 0) is 151 Å². The molecule has 0 aromatic carbocycles. The van der Waals surface area contributed by atoms with E-state index in [0.717, 1.165) is 74.5 Å². The maximum Gasteiger partial charge on any atom is 0.323 e. The highest BCUT2D eigenvalue weighted by Crippen LogP contribution is 2.67. The van der Waals surface area contributed by atoms with Crippen LogP contribution in [-0.2, 0) is 28.6 Å². The number of ether oxygens (including phenoxy) is 3. The number of hydrogen-bond acceptors (Lipinski definition) is 8. The molecule has 5 aliphatic rings. The van der Waals surface area contributed by atoms with E-state index in [1.54, 1.807) is 4.90 Å². The van der Waals surface area contributed by atoms with Gasteiger partial charge in [0.05, 0.1) is 13.1 Å². The summed E-state index contributed by atoms with van der Waals surface area (Å²) in [6.45, 7) is 19.9.